The van der Waals surface area contributed by atoms with Crippen molar-refractivity contribution in [3.63, 3.8) is 0 Å². The van der Waals surface area contributed by atoms with Crippen LogP contribution in [0.4, 0.5) is 10.1 Å². The molecule has 1 aliphatic rings. The third kappa shape index (κ3) is 4.05. The summed E-state index contributed by atoms with van der Waals surface area (Å²) in [6.07, 6.45) is 2.18. The van der Waals surface area contributed by atoms with Crippen molar-refractivity contribution in [1.29, 1.82) is 0 Å². The van der Waals surface area contributed by atoms with E-state index < -0.39 is 11.7 Å². The molecule has 1 saturated heterocycles. The number of carbonyl (C=O) groups is 2. The van der Waals surface area contributed by atoms with Crippen LogP contribution in [0, 0.1) is 11.7 Å². The minimum Gasteiger partial charge on any atom is -0.338 e. The van der Waals surface area contributed by atoms with Gasteiger partial charge in [0, 0.05) is 24.2 Å². The highest BCUT2D eigenvalue weighted by Gasteiger charge is 2.22. The van der Waals surface area contributed by atoms with E-state index in [4.69, 9.17) is 0 Å². The molecule has 130 valence electrons. The molecule has 0 saturated carbocycles. The molecule has 2 aromatic rings. The lowest BCUT2D eigenvalue weighted by Crippen LogP contribution is -2.39. The number of anilines is 1. The summed E-state index contributed by atoms with van der Waals surface area (Å²) >= 11 is 0. The second-order valence-corrected chi connectivity index (χ2v) is 6.51. The van der Waals surface area contributed by atoms with Gasteiger partial charge in [-0.2, -0.15) is 0 Å². The van der Waals surface area contributed by atoms with E-state index >= 15 is 0 Å². The van der Waals surface area contributed by atoms with Crippen LogP contribution in [0.1, 0.15) is 40.5 Å². The van der Waals surface area contributed by atoms with E-state index in [2.05, 4.69) is 12.2 Å². The zero-order valence-corrected chi connectivity index (χ0v) is 14.2. The van der Waals surface area contributed by atoms with Gasteiger partial charge in [0.2, 0.25) is 0 Å². The highest BCUT2D eigenvalue weighted by atomic mass is 19.1. The van der Waals surface area contributed by atoms with Crippen molar-refractivity contribution in [2.24, 2.45) is 5.92 Å². The third-order valence-corrected chi connectivity index (χ3v) is 4.46. The van der Waals surface area contributed by atoms with Crippen LogP contribution in [-0.4, -0.2) is 29.8 Å². The van der Waals surface area contributed by atoms with Crippen molar-refractivity contribution in [1.82, 2.24) is 4.90 Å². The molecule has 4 nitrogen and oxygen atoms in total. The number of amides is 2. The van der Waals surface area contributed by atoms with Crippen molar-refractivity contribution >= 4 is 17.5 Å². The van der Waals surface area contributed by atoms with Gasteiger partial charge in [-0.15, -0.1) is 0 Å². The van der Waals surface area contributed by atoms with Crippen LogP contribution in [0.3, 0.4) is 0 Å². The van der Waals surface area contributed by atoms with Crippen LogP contribution in [-0.2, 0) is 0 Å². The Balaban J connectivity index is 1.68. The number of likely N-dealkylation sites (tertiary alicyclic amines) is 1. The lowest BCUT2D eigenvalue weighted by Gasteiger charge is -2.31. The van der Waals surface area contributed by atoms with E-state index in [-0.39, 0.29) is 11.6 Å². The Bertz CT molecular complexity index is 774. The van der Waals surface area contributed by atoms with Gasteiger partial charge in [-0.05, 0) is 55.2 Å². The smallest absolute Gasteiger partial charge is 0.255 e. The highest BCUT2D eigenvalue weighted by Crippen LogP contribution is 2.19. The van der Waals surface area contributed by atoms with E-state index in [1.54, 1.807) is 36.4 Å². The van der Waals surface area contributed by atoms with Crippen LogP contribution in [0.25, 0.3) is 0 Å². The standard InChI is InChI=1S/C20H21FN2O2/c1-14-5-4-12-23(13-14)20(25)16-10-8-15(9-11-16)19(24)22-18-7-3-2-6-17(18)21/h2-3,6-11,14H,4-5,12-13H2,1H3,(H,22,24). The molecule has 1 N–H and O–H groups in total. The van der Waals surface area contributed by atoms with Gasteiger partial charge in [0.25, 0.3) is 11.8 Å². The molecule has 1 heterocycles. The molecular formula is C20H21FN2O2. The molecule has 1 fully saturated rings. The molecule has 0 aromatic heterocycles. The number of hydrogen-bond acceptors (Lipinski definition) is 2. The number of piperidine rings is 1. The summed E-state index contributed by atoms with van der Waals surface area (Å²) in [5, 5.41) is 2.54. The summed E-state index contributed by atoms with van der Waals surface area (Å²) in [6, 6.07) is 12.5. The Labute approximate surface area is 146 Å². The fraction of sp³-hybridized carbons (Fsp3) is 0.300. The summed E-state index contributed by atoms with van der Waals surface area (Å²) < 4.78 is 13.6. The number of para-hydroxylation sites is 1. The maximum absolute atomic E-state index is 13.6. The second-order valence-electron chi connectivity index (χ2n) is 6.51. The van der Waals surface area contributed by atoms with Crippen molar-refractivity contribution in [3.8, 4) is 0 Å². The van der Waals surface area contributed by atoms with Crippen molar-refractivity contribution in [2.75, 3.05) is 18.4 Å². The zero-order valence-electron chi connectivity index (χ0n) is 14.2. The van der Waals surface area contributed by atoms with Crippen molar-refractivity contribution in [2.45, 2.75) is 19.8 Å². The number of rotatable bonds is 3. The molecular weight excluding hydrogens is 319 g/mol. The van der Waals surface area contributed by atoms with E-state index in [1.807, 2.05) is 4.90 Å². The van der Waals surface area contributed by atoms with E-state index in [0.29, 0.717) is 17.0 Å². The second kappa shape index (κ2) is 7.47. The Hall–Kier alpha value is -2.69. The number of halogens is 1. The van der Waals surface area contributed by atoms with Gasteiger partial charge in [-0.1, -0.05) is 19.1 Å². The number of carbonyl (C=O) groups excluding carboxylic acids is 2. The molecule has 2 amide bonds. The van der Waals surface area contributed by atoms with Crippen LogP contribution in [0.2, 0.25) is 0 Å². The molecule has 0 aliphatic carbocycles. The van der Waals surface area contributed by atoms with Crippen LogP contribution < -0.4 is 5.32 Å². The maximum atomic E-state index is 13.6. The van der Waals surface area contributed by atoms with Gasteiger partial charge >= 0.3 is 0 Å². The maximum Gasteiger partial charge on any atom is 0.255 e. The summed E-state index contributed by atoms with van der Waals surface area (Å²) in [5.74, 6) is -0.381. The number of nitrogens with one attached hydrogen (secondary N) is 1. The average molecular weight is 340 g/mol. The first kappa shape index (κ1) is 17.1. The molecule has 1 aliphatic heterocycles. The van der Waals surface area contributed by atoms with Gasteiger partial charge in [0.05, 0.1) is 5.69 Å². The summed E-state index contributed by atoms with van der Waals surface area (Å²) in [5.41, 5.74) is 1.08. The average Bonchev–Trinajstić information content (AvgIpc) is 2.63. The Morgan fingerprint density at radius 2 is 1.76 bits per heavy atom. The van der Waals surface area contributed by atoms with Crippen molar-refractivity contribution < 1.29 is 14.0 Å². The number of benzene rings is 2. The van der Waals surface area contributed by atoms with Gasteiger partial charge in [-0.3, -0.25) is 9.59 Å². The molecule has 25 heavy (non-hydrogen) atoms. The number of nitrogens with zero attached hydrogens (tertiary/aromatic N) is 1. The lowest BCUT2D eigenvalue weighted by atomic mass is 9.99. The topological polar surface area (TPSA) is 49.4 Å². The minimum absolute atomic E-state index is 0.00684. The molecule has 2 aromatic carbocycles. The number of hydrogen-bond donors (Lipinski definition) is 1. The molecule has 1 atom stereocenters. The third-order valence-electron chi connectivity index (χ3n) is 4.46. The van der Waals surface area contributed by atoms with E-state index in [9.17, 15) is 14.0 Å². The molecule has 1 unspecified atom stereocenters. The quantitative estimate of drug-likeness (QED) is 0.920. The molecule has 0 radical (unpaired) electrons. The van der Waals surface area contributed by atoms with E-state index in [1.165, 1.54) is 12.1 Å². The van der Waals surface area contributed by atoms with Crippen LogP contribution >= 0.6 is 0 Å². The predicted octanol–water partition coefficient (Wildman–Crippen LogP) is 3.95. The first-order valence-corrected chi connectivity index (χ1v) is 8.50. The van der Waals surface area contributed by atoms with Gasteiger partial charge in [-0.25, -0.2) is 4.39 Å². The van der Waals surface area contributed by atoms with E-state index in [0.717, 1.165) is 25.9 Å². The van der Waals surface area contributed by atoms with Gasteiger partial charge in [0.15, 0.2) is 0 Å². The Morgan fingerprint density at radius 1 is 1.08 bits per heavy atom. The SMILES string of the molecule is CC1CCCN(C(=O)c2ccc(C(=O)Nc3ccccc3F)cc2)C1. The molecule has 3 rings (SSSR count). The molecule has 0 spiro atoms. The minimum atomic E-state index is -0.484. The fourth-order valence-electron chi connectivity index (χ4n) is 3.08. The summed E-state index contributed by atoms with van der Waals surface area (Å²) in [7, 11) is 0. The normalized spacial score (nSPS) is 17.2. The Kier molecular flexibility index (Phi) is 5.12. The highest BCUT2D eigenvalue weighted by molar-refractivity contribution is 6.05. The summed E-state index contributed by atoms with van der Waals surface area (Å²) in [4.78, 5) is 26.6. The Morgan fingerprint density at radius 3 is 2.44 bits per heavy atom. The fourth-order valence-corrected chi connectivity index (χ4v) is 3.08. The van der Waals surface area contributed by atoms with Gasteiger partial charge in [0.1, 0.15) is 5.82 Å². The molecule has 0 bridgehead atoms. The lowest BCUT2D eigenvalue weighted by molar-refractivity contribution is 0.0682. The monoisotopic (exact) mass is 340 g/mol. The largest absolute Gasteiger partial charge is 0.338 e. The van der Waals surface area contributed by atoms with Crippen LogP contribution in [0.15, 0.2) is 48.5 Å². The first-order valence-electron chi connectivity index (χ1n) is 8.50. The van der Waals surface area contributed by atoms with Gasteiger partial charge < -0.3 is 10.2 Å². The zero-order chi connectivity index (χ0) is 17.8. The van der Waals surface area contributed by atoms with Crippen molar-refractivity contribution in [3.05, 3.63) is 65.5 Å². The first-order chi connectivity index (χ1) is 12.0. The summed E-state index contributed by atoms with van der Waals surface area (Å²) in [6.45, 7) is 3.70. The van der Waals surface area contributed by atoms with Crippen LogP contribution in [0.5, 0.6) is 0 Å². The molecule has 5 heteroatoms. The predicted molar refractivity (Wildman–Crippen MR) is 95.1 cm³/mol.